The maximum absolute atomic E-state index is 4.05. The molecule has 0 bridgehead atoms. The van der Waals surface area contributed by atoms with Crippen LogP contribution >= 0.6 is 15.9 Å². The molecule has 4 rings (SSSR count). The number of H-pyrrole nitrogens is 1. The van der Waals surface area contributed by atoms with Crippen molar-refractivity contribution < 1.29 is 0 Å². The second-order valence-corrected chi connectivity index (χ2v) is 6.32. The van der Waals surface area contributed by atoms with Crippen LogP contribution in [0.2, 0.25) is 0 Å². The zero-order chi connectivity index (χ0) is 15.6. The van der Waals surface area contributed by atoms with E-state index in [4.69, 9.17) is 0 Å². The first-order valence-corrected chi connectivity index (χ1v) is 8.15. The van der Waals surface area contributed by atoms with E-state index in [1.807, 2.05) is 12.1 Å². The minimum Gasteiger partial charge on any atom is -0.357 e. The van der Waals surface area contributed by atoms with Crippen LogP contribution in [0.15, 0.2) is 78.1 Å². The first-order valence-electron chi connectivity index (χ1n) is 7.36. The van der Waals surface area contributed by atoms with Crippen molar-refractivity contribution in [3.8, 4) is 0 Å². The highest BCUT2D eigenvalue weighted by Crippen LogP contribution is 2.22. The van der Waals surface area contributed by atoms with Gasteiger partial charge in [-0.3, -0.25) is 4.98 Å². The number of hydrogen-bond donors (Lipinski definition) is 1. The molecule has 0 unspecified atom stereocenters. The fourth-order valence-corrected chi connectivity index (χ4v) is 3.03. The van der Waals surface area contributed by atoms with Gasteiger partial charge in [-0.1, -0.05) is 15.9 Å². The lowest BCUT2D eigenvalue weighted by atomic mass is 10.2. The molecule has 4 nitrogen and oxygen atoms in total. The number of nitrogens with one attached hydrogen (secondary N) is 1. The van der Waals surface area contributed by atoms with Crippen LogP contribution in [0.5, 0.6) is 0 Å². The molecule has 2 aromatic heterocycles. The normalized spacial score (nSPS) is 14.0. The summed E-state index contributed by atoms with van der Waals surface area (Å²) in [7, 11) is 0. The third-order valence-electron chi connectivity index (χ3n) is 3.79. The van der Waals surface area contributed by atoms with E-state index in [0.717, 1.165) is 22.2 Å². The van der Waals surface area contributed by atoms with Gasteiger partial charge in [-0.05, 0) is 36.4 Å². The van der Waals surface area contributed by atoms with Crippen molar-refractivity contribution in [1.82, 2.24) is 14.9 Å². The standard InChI is InChI=1S/C18H15BrN4/c19-15-1-2-18-14(11-15)12-16(21-18)13-22-7-9-23(10-8-22)17-3-5-20-6-4-17/h1-12,21H,13H2. The van der Waals surface area contributed by atoms with Crippen LogP contribution in [-0.4, -0.2) is 14.9 Å². The number of aromatic nitrogens is 2. The molecule has 0 radical (unpaired) electrons. The Balaban J connectivity index is 1.49. The molecular formula is C18H15BrN4. The van der Waals surface area contributed by atoms with Gasteiger partial charge in [0.15, 0.2) is 0 Å². The average molecular weight is 367 g/mol. The predicted molar refractivity (Wildman–Crippen MR) is 96.5 cm³/mol. The van der Waals surface area contributed by atoms with Crippen LogP contribution in [-0.2, 0) is 6.54 Å². The summed E-state index contributed by atoms with van der Waals surface area (Å²) in [6.07, 6.45) is 11.8. The Kier molecular flexibility index (Phi) is 3.63. The Bertz CT molecular complexity index is 868. The number of pyridine rings is 1. The first-order chi connectivity index (χ1) is 11.3. The summed E-state index contributed by atoms with van der Waals surface area (Å²) in [5, 5.41) is 1.22. The van der Waals surface area contributed by atoms with Crippen molar-refractivity contribution in [3.05, 3.63) is 83.8 Å². The highest BCUT2D eigenvalue weighted by molar-refractivity contribution is 9.10. The minimum absolute atomic E-state index is 0.809. The highest BCUT2D eigenvalue weighted by atomic mass is 79.9. The first kappa shape index (κ1) is 14.1. The summed E-state index contributed by atoms with van der Waals surface area (Å²) in [5.74, 6) is 0. The van der Waals surface area contributed by atoms with Crippen molar-refractivity contribution in [2.45, 2.75) is 6.54 Å². The highest BCUT2D eigenvalue weighted by Gasteiger charge is 2.08. The summed E-state index contributed by atoms with van der Waals surface area (Å²) < 4.78 is 1.10. The van der Waals surface area contributed by atoms with Crippen molar-refractivity contribution in [1.29, 1.82) is 0 Å². The van der Waals surface area contributed by atoms with Crippen LogP contribution < -0.4 is 4.90 Å². The van der Waals surface area contributed by atoms with Gasteiger partial charge in [-0.25, -0.2) is 0 Å². The van der Waals surface area contributed by atoms with E-state index in [1.165, 1.54) is 11.1 Å². The van der Waals surface area contributed by atoms with Crippen LogP contribution in [0.25, 0.3) is 10.9 Å². The number of benzene rings is 1. The summed E-state index contributed by atoms with van der Waals surface area (Å²) in [6.45, 7) is 0.809. The molecule has 0 amide bonds. The lowest BCUT2D eigenvalue weighted by molar-refractivity contribution is 0.487. The van der Waals surface area contributed by atoms with Gasteiger partial charge in [0.25, 0.3) is 0 Å². The van der Waals surface area contributed by atoms with E-state index in [2.05, 4.69) is 84.8 Å². The number of rotatable bonds is 3. The molecule has 0 spiro atoms. The van der Waals surface area contributed by atoms with Crippen molar-refractivity contribution in [2.75, 3.05) is 4.90 Å². The fourth-order valence-electron chi connectivity index (χ4n) is 2.65. The SMILES string of the molecule is Brc1ccc2[nH]c(CN3C=CN(c4ccncc4)C=C3)cc2c1. The Labute approximate surface area is 142 Å². The number of aromatic amines is 1. The zero-order valence-electron chi connectivity index (χ0n) is 12.4. The van der Waals surface area contributed by atoms with Crippen LogP contribution in [0, 0.1) is 0 Å². The molecule has 0 aliphatic carbocycles. The number of halogens is 1. The smallest absolute Gasteiger partial charge is 0.0622 e. The largest absolute Gasteiger partial charge is 0.357 e. The molecule has 114 valence electrons. The van der Waals surface area contributed by atoms with E-state index in [1.54, 1.807) is 12.4 Å². The lowest BCUT2D eigenvalue weighted by Crippen LogP contribution is -2.19. The van der Waals surface area contributed by atoms with Gasteiger partial charge in [-0.2, -0.15) is 0 Å². The average Bonchev–Trinajstić information content (AvgIpc) is 2.97. The Morgan fingerprint density at radius 2 is 1.74 bits per heavy atom. The second kappa shape index (κ2) is 5.93. The van der Waals surface area contributed by atoms with Gasteiger partial charge in [0.05, 0.1) is 6.54 Å². The summed E-state index contributed by atoms with van der Waals surface area (Å²) >= 11 is 3.51. The number of hydrogen-bond acceptors (Lipinski definition) is 3. The molecule has 0 saturated carbocycles. The second-order valence-electron chi connectivity index (χ2n) is 5.41. The molecule has 5 heteroatoms. The number of nitrogens with zero attached hydrogens (tertiary/aromatic N) is 3. The van der Waals surface area contributed by atoms with Gasteiger partial charge in [0, 0.05) is 64.0 Å². The maximum Gasteiger partial charge on any atom is 0.0622 e. The summed E-state index contributed by atoms with van der Waals surface area (Å²) in [4.78, 5) is 11.7. The molecule has 0 atom stereocenters. The minimum atomic E-state index is 0.809. The Hall–Kier alpha value is -2.53. The molecule has 0 fully saturated rings. The summed E-state index contributed by atoms with van der Waals surface area (Å²) in [6, 6.07) is 12.4. The molecule has 3 heterocycles. The van der Waals surface area contributed by atoms with Crippen LogP contribution in [0.4, 0.5) is 5.69 Å². The van der Waals surface area contributed by atoms with E-state index >= 15 is 0 Å². The molecule has 1 aromatic carbocycles. The quantitative estimate of drug-likeness (QED) is 0.736. The predicted octanol–water partition coefficient (Wildman–Crippen LogP) is 4.59. The van der Waals surface area contributed by atoms with Crippen molar-refractivity contribution >= 4 is 32.5 Å². The zero-order valence-corrected chi connectivity index (χ0v) is 13.9. The van der Waals surface area contributed by atoms with E-state index in [0.29, 0.717) is 0 Å². The molecular weight excluding hydrogens is 352 g/mol. The molecule has 1 aliphatic rings. The van der Waals surface area contributed by atoms with Gasteiger partial charge < -0.3 is 14.8 Å². The molecule has 23 heavy (non-hydrogen) atoms. The molecule has 3 aromatic rings. The van der Waals surface area contributed by atoms with Gasteiger partial charge in [0.1, 0.15) is 0 Å². The Morgan fingerprint density at radius 3 is 2.52 bits per heavy atom. The Morgan fingerprint density at radius 1 is 0.957 bits per heavy atom. The summed E-state index contributed by atoms with van der Waals surface area (Å²) in [5.41, 5.74) is 3.44. The maximum atomic E-state index is 4.05. The molecule has 0 saturated heterocycles. The molecule has 1 aliphatic heterocycles. The lowest BCUT2D eigenvalue weighted by Gasteiger charge is -2.24. The van der Waals surface area contributed by atoms with E-state index in [-0.39, 0.29) is 0 Å². The van der Waals surface area contributed by atoms with Crippen LogP contribution in [0.1, 0.15) is 5.69 Å². The number of fused-ring (bicyclic) bond motifs is 1. The van der Waals surface area contributed by atoms with E-state index in [9.17, 15) is 0 Å². The third kappa shape index (κ3) is 3.00. The topological polar surface area (TPSA) is 35.2 Å². The third-order valence-corrected chi connectivity index (χ3v) is 4.28. The van der Waals surface area contributed by atoms with Crippen LogP contribution in [0.3, 0.4) is 0 Å². The van der Waals surface area contributed by atoms with Gasteiger partial charge in [-0.15, -0.1) is 0 Å². The monoisotopic (exact) mass is 366 g/mol. The number of anilines is 1. The van der Waals surface area contributed by atoms with Gasteiger partial charge in [0.2, 0.25) is 0 Å². The van der Waals surface area contributed by atoms with E-state index < -0.39 is 0 Å². The van der Waals surface area contributed by atoms with Crippen molar-refractivity contribution in [3.63, 3.8) is 0 Å². The fraction of sp³-hybridized carbons (Fsp3) is 0.0556. The molecule has 1 N–H and O–H groups in total. The van der Waals surface area contributed by atoms with Crippen molar-refractivity contribution in [2.24, 2.45) is 0 Å². The van der Waals surface area contributed by atoms with Gasteiger partial charge >= 0.3 is 0 Å².